The lowest BCUT2D eigenvalue weighted by atomic mass is 10.2. The average Bonchev–Trinajstić information content (AvgIpc) is 2.54. The van der Waals surface area contributed by atoms with E-state index in [0.717, 1.165) is 16.4 Å². The monoisotopic (exact) mass is 262 g/mol. The van der Waals surface area contributed by atoms with E-state index in [9.17, 15) is 17.2 Å². The highest BCUT2D eigenvalue weighted by molar-refractivity contribution is 7.93. The van der Waals surface area contributed by atoms with E-state index < -0.39 is 26.9 Å². The van der Waals surface area contributed by atoms with Crippen LogP contribution in [0.2, 0.25) is 0 Å². The second-order valence-electron chi connectivity index (χ2n) is 3.86. The van der Waals surface area contributed by atoms with E-state index in [0.29, 0.717) is 12.5 Å². The number of sulfonamides is 1. The zero-order valence-corrected chi connectivity index (χ0v) is 9.75. The molecule has 1 fully saturated rings. The van der Waals surface area contributed by atoms with Crippen LogP contribution in [0.1, 0.15) is 6.42 Å². The van der Waals surface area contributed by atoms with Crippen molar-refractivity contribution >= 4 is 15.7 Å². The van der Waals surface area contributed by atoms with Crippen molar-refractivity contribution in [1.82, 2.24) is 0 Å². The van der Waals surface area contributed by atoms with E-state index in [4.69, 9.17) is 5.73 Å². The molecule has 2 rings (SSSR count). The number of nitrogens with two attached hydrogens (primary N) is 1. The minimum atomic E-state index is -3.62. The van der Waals surface area contributed by atoms with Gasteiger partial charge in [-0.05, 0) is 18.6 Å². The summed E-state index contributed by atoms with van der Waals surface area (Å²) in [4.78, 5) is 0. The van der Waals surface area contributed by atoms with Gasteiger partial charge >= 0.3 is 0 Å². The van der Waals surface area contributed by atoms with Gasteiger partial charge in [0.05, 0.1) is 10.9 Å². The number of hydrogen-bond donors (Lipinski definition) is 1. The molecule has 0 spiro atoms. The lowest BCUT2D eigenvalue weighted by Gasteiger charge is -2.19. The Balaban J connectivity index is 2.42. The second kappa shape index (κ2) is 4.23. The van der Waals surface area contributed by atoms with Crippen LogP contribution in [0.4, 0.5) is 14.5 Å². The van der Waals surface area contributed by atoms with E-state index in [1.807, 2.05) is 0 Å². The molecule has 0 aromatic heterocycles. The molecular formula is C10H12F2N2O2S. The molecule has 0 amide bonds. The Bertz CT molecular complexity index is 533. The first-order valence-corrected chi connectivity index (χ1v) is 6.64. The molecule has 1 saturated heterocycles. The Kier molecular flexibility index (Phi) is 3.05. The molecule has 94 valence electrons. The first-order valence-electron chi connectivity index (χ1n) is 5.13. The summed E-state index contributed by atoms with van der Waals surface area (Å²) in [6.07, 6.45) is 0.357. The van der Waals surface area contributed by atoms with Crippen molar-refractivity contribution in [2.45, 2.75) is 11.7 Å². The molecule has 1 atom stereocenters. The summed E-state index contributed by atoms with van der Waals surface area (Å²) >= 11 is 0. The highest BCUT2D eigenvalue weighted by Crippen LogP contribution is 2.30. The smallest absolute Gasteiger partial charge is 0.239 e. The highest BCUT2D eigenvalue weighted by Gasteiger charge is 2.38. The fraction of sp³-hybridized carbons (Fsp3) is 0.400. The molecule has 4 nitrogen and oxygen atoms in total. The van der Waals surface area contributed by atoms with Crippen LogP contribution in [0.25, 0.3) is 0 Å². The van der Waals surface area contributed by atoms with Gasteiger partial charge in [0.25, 0.3) is 0 Å². The van der Waals surface area contributed by atoms with Crippen molar-refractivity contribution in [1.29, 1.82) is 0 Å². The van der Waals surface area contributed by atoms with Gasteiger partial charge < -0.3 is 5.73 Å². The van der Waals surface area contributed by atoms with Gasteiger partial charge in [-0.15, -0.1) is 0 Å². The summed E-state index contributed by atoms with van der Waals surface area (Å²) in [5.74, 6) is -1.62. The van der Waals surface area contributed by atoms with Gasteiger partial charge in [0.2, 0.25) is 10.0 Å². The predicted octanol–water partition coefficient (Wildman–Crippen LogP) is 0.832. The van der Waals surface area contributed by atoms with Gasteiger partial charge in [0.1, 0.15) is 11.6 Å². The molecule has 1 aromatic carbocycles. The largest absolute Gasteiger partial charge is 0.329 e. The summed E-state index contributed by atoms with van der Waals surface area (Å²) in [5, 5.41) is -0.688. The lowest BCUT2D eigenvalue weighted by Crippen LogP contribution is -2.33. The number of anilines is 1. The average molecular weight is 262 g/mol. The third-order valence-electron chi connectivity index (χ3n) is 2.82. The molecule has 2 N–H and O–H groups in total. The summed E-state index contributed by atoms with van der Waals surface area (Å²) in [6.45, 7) is 0.175. The molecule has 1 aliphatic heterocycles. The van der Waals surface area contributed by atoms with E-state index >= 15 is 0 Å². The minimum absolute atomic E-state index is 0.00163. The molecule has 7 heteroatoms. The SMILES string of the molecule is NC[C@@H]1CCN(c2ccc(F)cc2F)S1(=O)=O. The molecule has 17 heavy (non-hydrogen) atoms. The zero-order chi connectivity index (χ0) is 12.6. The Labute approximate surface area is 98.1 Å². The van der Waals surface area contributed by atoms with Crippen molar-refractivity contribution in [3.63, 3.8) is 0 Å². The van der Waals surface area contributed by atoms with E-state index in [-0.39, 0.29) is 18.8 Å². The van der Waals surface area contributed by atoms with E-state index in [1.165, 1.54) is 0 Å². The van der Waals surface area contributed by atoms with Crippen LogP contribution < -0.4 is 10.0 Å². The Morgan fingerprint density at radius 2 is 2.12 bits per heavy atom. The molecule has 1 aromatic rings. The maximum atomic E-state index is 13.5. The molecule has 0 unspecified atom stereocenters. The zero-order valence-electron chi connectivity index (χ0n) is 8.94. The number of halogens is 2. The number of benzene rings is 1. The summed E-state index contributed by atoms with van der Waals surface area (Å²) in [7, 11) is -3.62. The van der Waals surface area contributed by atoms with Gasteiger partial charge in [-0.2, -0.15) is 0 Å². The topological polar surface area (TPSA) is 63.4 Å². The number of nitrogens with zero attached hydrogens (tertiary/aromatic N) is 1. The van der Waals surface area contributed by atoms with Crippen molar-refractivity contribution in [2.75, 3.05) is 17.4 Å². The first-order chi connectivity index (χ1) is 7.96. The fourth-order valence-electron chi connectivity index (χ4n) is 1.90. The molecule has 1 aliphatic rings. The molecule has 0 radical (unpaired) electrons. The van der Waals surface area contributed by atoms with Crippen LogP contribution in [-0.4, -0.2) is 26.8 Å². The molecule has 0 bridgehead atoms. The fourth-order valence-corrected chi connectivity index (χ4v) is 3.69. The van der Waals surface area contributed by atoms with Gasteiger partial charge in [-0.3, -0.25) is 4.31 Å². The lowest BCUT2D eigenvalue weighted by molar-refractivity contribution is 0.576. The maximum absolute atomic E-state index is 13.5. The molecule has 0 aliphatic carbocycles. The van der Waals surface area contributed by atoms with Crippen LogP contribution in [-0.2, 0) is 10.0 Å². The van der Waals surface area contributed by atoms with E-state index in [2.05, 4.69) is 0 Å². The number of hydrogen-bond acceptors (Lipinski definition) is 3. The Morgan fingerprint density at radius 1 is 1.41 bits per heavy atom. The third kappa shape index (κ3) is 2.00. The van der Waals surface area contributed by atoms with Crippen molar-refractivity contribution in [2.24, 2.45) is 5.73 Å². The Morgan fingerprint density at radius 3 is 2.65 bits per heavy atom. The molecular weight excluding hydrogens is 250 g/mol. The van der Waals surface area contributed by atoms with Gasteiger partial charge in [-0.25, -0.2) is 17.2 Å². The highest BCUT2D eigenvalue weighted by atomic mass is 32.2. The maximum Gasteiger partial charge on any atom is 0.239 e. The number of rotatable bonds is 2. The van der Waals surface area contributed by atoms with Crippen LogP contribution in [0.3, 0.4) is 0 Å². The summed E-state index contributed by atoms with van der Waals surface area (Å²) in [5.41, 5.74) is 5.23. The van der Waals surface area contributed by atoms with Crippen molar-refractivity contribution in [3.05, 3.63) is 29.8 Å². The first kappa shape index (κ1) is 12.3. The summed E-state index contributed by atoms with van der Waals surface area (Å²) < 4.78 is 51.1. The van der Waals surface area contributed by atoms with Gasteiger partial charge in [-0.1, -0.05) is 0 Å². The second-order valence-corrected chi connectivity index (χ2v) is 6.00. The minimum Gasteiger partial charge on any atom is -0.329 e. The third-order valence-corrected chi connectivity index (χ3v) is 5.09. The normalized spacial score (nSPS) is 23.0. The Hall–Kier alpha value is -1.21. The van der Waals surface area contributed by atoms with E-state index in [1.54, 1.807) is 0 Å². The molecule has 0 saturated carbocycles. The predicted molar refractivity (Wildman–Crippen MR) is 60.1 cm³/mol. The van der Waals surface area contributed by atoms with Crippen LogP contribution >= 0.6 is 0 Å². The quantitative estimate of drug-likeness (QED) is 0.858. The van der Waals surface area contributed by atoms with Gasteiger partial charge in [0.15, 0.2) is 0 Å². The summed E-state index contributed by atoms with van der Waals surface area (Å²) in [6, 6.07) is 2.82. The van der Waals surface area contributed by atoms with Crippen molar-refractivity contribution in [3.8, 4) is 0 Å². The molecule has 1 heterocycles. The van der Waals surface area contributed by atoms with Gasteiger partial charge in [0, 0.05) is 19.2 Å². The van der Waals surface area contributed by atoms with Crippen LogP contribution in [0, 0.1) is 11.6 Å². The van der Waals surface area contributed by atoms with Crippen molar-refractivity contribution < 1.29 is 17.2 Å². The van der Waals surface area contributed by atoms with Crippen LogP contribution in [0.5, 0.6) is 0 Å². The van der Waals surface area contributed by atoms with Crippen LogP contribution in [0.15, 0.2) is 18.2 Å². The standard InChI is InChI=1S/C10H12F2N2O2S/c11-7-1-2-10(9(12)5-7)14-4-3-8(6-13)17(14,15)16/h1-2,5,8H,3-4,6,13H2/t8-/m0/s1.